The van der Waals surface area contributed by atoms with Crippen molar-refractivity contribution < 1.29 is 14.3 Å². The number of amides is 2. The van der Waals surface area contributed by atoms with Crippen LogP contribution in [0, 0.1) is 11.3 Å². The Morgan fingerprint density at radius 1 is 1.29 bits per heavy atom. The first-order valence-electron chi connectivity index (χ1n) is 6.86. The van der Waals surface area contributed by atoms with Crippen LogP contribution in [0.3, 0.4) is 0 Å². The summed E-state index contributed by atoms with van der Waals surface area (Å²) in [5.41, 5.74) is 1.75. The fraction of sp³-hybridized carbons (Fsp3) is 0.118. The molecule has 0 bridgehead atoms. The second kappa shape index (κ2) is 7.13. The van der Waals surface area contributed by atoms with E-state index in [0.29, 0.717) is 21.9 Å². The molecule has 24 heavy (non-hydrogen) atoms. The topological polar surface area (TPSA) is 96.4 Å². The third-order valence-electron chi connectivity index (χ3n) is 3.39. The summed E-state index contributed by atoms with van der Waals surface area (Å²) in [6, 6.07) is 11.6. The minimum Gasteiger partial charge on any atom is -0.496 e. The molecule has 6 nitrogen and oxygen atoms in total. The van der Waals surface area contributed by atoms with E-state index in [4.69, 9.17) is 27.4 Å². The Kier molecular flexibility index (Phi) is 5.19. The van der Waals surface area contributed by atoms with E-state index in [2.05, 4.69) is 0 Å². The predicted octanol–water partition coefficient (Wildman–Crippen LogP) is 2.75. The number of halogens is 1. The van der Waals surface area contributed by atoms with Crippen molar-refractivity contribution in [2.75, 3.05) is 7.11 Å². The van der Waals surface area contributed by atoms with Gasteiger partial charge >= 0.3 is 0 Å². The van der Waals surface area contributed by atoms with Gasteiger partial charge in [-0.3, -0.25) is 9.59 Å². The van der Waals surface area contributed by atoms with Gasteiger partial charge in [0, 0.05) is 24.1 Å². The zero-order valence-electron chi connectivity index (χ0n) is 13.0. The third kappa shape index (κ3) is 3.38. The van der Waals surface area contributed by atoms with Gasteiger partial charge in [0.25, 0.3) is 5.91 Å². The molecule has 2 amide bonds. The van der Waals surface area contributed by atoms with Crippen LogP contribution in [0.2, 0.25) is 5.02 Å². The fourth-order valence-corrected chi connectivity index (χ4v) is 2.33. The number of hydrogen-bond donors (Lipinski definition) is 1. The van der Waals surface area contributed by atoms with Crippen molar-refractivity contribution >= 4 is 23.4 Å². The minimum atomic E-state index is -0.627. The molecule has 122 valence electrons. The number of hydrogen-bond acceptors (Lipinski definition) is 5. The summed E-state index contributed by atoms with van der Waals surface area (Å²) in [6.07, 6.45) is 0. The van der Waals surface area contributed by atoms with E-state index in [1.165, 1.54) is 20.1 Å². The lowest BCUT2D eigenvalue weighted by Gasteiger charge is -2.14. The summed E-state index contributed by atoms with van der Waals surface area (Å²) in [7, 11) is 1.48. The minimum absolute atomic E-state index is 0.237. The van der Waals surface area contributed by atoms with Crippen LogP contribution in [-0.4, -0.2) is 23.9 Å². The molecule has 0 spiro atoms. The number of nitriles is 1. The number of nitrogens with two attached hydrogens (primary N) is 1. The van der Waals surface area contributed by atoms with Gasteiger partial charge in [0.15, 0.2) is 0 Å². The van der Waals surface area contributed by atoms with Gasteiger partial charge in [0.1, 0.15) is 11.8 Å². The van der Waals surface area contributed by atoms with E-state index in [1.807, 2.05) is 6.07 Å². The third-order valence-corrected chi connectivity index (χ3v) is 3.70. The summed E-state index contributed by atoms with van der Waals surface area (Å²) in [5.74, 6) is 4.71. The first-order chi connectivity index (χ1) is 11.4. The maximum absolute atomic E-state index is 12.2. The van der Waals surface area contributed by atoms with E-state index < -0.39 is 11.8 Å². The first-order valence-corrected chi connectivity index (χ1v) is 7.24. The molecule has 0 saturated heterocycles. The predicted molar refractivity (Wildman–Crippen MR) is 89.2 cm³/mol. The second-order valence-corrected chi connectivity index (χ2v) is 5.33. The van der Waals surface area contributed by atoms with Crippen molar-refractivity contribution in [3.63, 3.8) is 0 Å². The average molecular weight is 344 g/mol. The summed E-state index contributed by atoms with van der Waals surface area (Å²) in [5, 5.41) is 9.95. The monoisotopic (exact) mass is 343 g/mol. The van der Waals surface area contributed by atoms with Crippen LogP contribution < -0.4 is 10.6 Å². The molecule has 7 heteroatoms. The van der Waals surface area contributed by atoms with Gasteiger partial charge in [0.05, 0.1) is 17.7 Å². The van der Waals surface area contributed by atoms with Gasteiger partial charge in [0.2, 0.25) is 5.91 Å². The molecule has 0 aliphatic heterocycles. The largest absolute Gasteiger partial charge is 0.496 e. The van der Waals surface area contributed by atoms with Gasteiger partial charge in [-0.05, 0) is 23.8 Å². The van der Waals surface area contributed by atoms with Crippen molar-refractivity contribution in [3.8, 4) is 22.9 Å². The highest BCUT2D eigenvalue weighted by atomic mass is 35.5. The van der Waals surface area contributed by atoms with Gasteiger partial charge in [-0.2, -0.15) is 5.26 Å². The van der Waals surface area contributed by atoms with E-state index in [-0.39, 0.29) is 16.1 Å². The summed E-state index contributed by atoms with van der Waals surface area (Å²) >= 11 is 6.01. The summed E-state index contributed by atoms with van der Waals surface area (Å²) < 4.78 is 5.30. The maximum atomic E-state index is 12.2. The van der Waals surface area contributed by atoms with Crippen LogP contribution in [0.5, 0.6) is 5.75 Å². The van der Waals surface area contributed by atoms with Crippen molar-refractivity contribution in [2.24, 2.45) is 5.84 Å². The SMILES string of the molecule is COc1cc(Cl)c(C#N)cc1-c1cccc(C(=O)N(N)C(C)=O)c1. The first kappa shape index (κ1) is 17.5. The lowest BCUT2D eigenvalue weighted by atomic mass is 10.00. The number of rotatable bonds is 3. The van der Waals surface area contributed by atoms with Crippen LogP contribution in [0.15, 0.2) is 36.4 Å². The van der Waals surface area contributed by atoms with Crippen LogP contribution in [0.1, 0.15) is 22.8 Å². The lowest BCUT2D eigenvalue weighted by Crippen LogP contribution is -2.41. The van der Waals surface area contributed by atoms with Gasteiger partial charge in [-0.1, -0.05) is 23.7 Å². The Morgan fingerprint density at radius 2 is 2.00 bits per heavy atom. The smallest absolute Gasteiger partial charge is 0.274 e. The van der Waals surface area contributed by atoms with Crippen LogP contribution in [-0.2, 0) is 4.79 Å². The molecule has 2 N–H and O–H groups in total. The van der Waals surface area contributed by atoms with Crippen LogP contribution in [0.25, 0.3) is 11.1 Å². The maximum Gasteiger partial charge on any atom is 0.274 e. The Labute approximate surface area is 144 Å². The van der Waals surface area contributed by atoms with E-state index in [1.54, 1.807) is 30.3 Å². The van der Waals surface area contributed by atoms with Gasteiger partial charge < -0.3 is 4.74 Å². The summed E-state index contributed by atoms with van der Waals surface area (Å²) in [6.45, 7) is 1.20. The fourth-order valence-electron chi connectivity index (χ4n) is 2.14. The average Bonchev–Trinajstić information content (AvgIpc) is 2.60. The normalized spacial score (nSPS) is 9.96. The van der Waals surface area contributed by atoms with Crippen molar-refractivity contribution in [1.82, 2.24) is 5.01 Å². The standard InChI is InChI=1S/C17H14ClN3O3/c1-10(22)21(20)17(23)12-5-3-4-11(6-12)14-7-13(9-19)15(18)8-16(14)24-2/h3-8H,20H2,1-2H3. The highest BCUT2D eigenvalue weighted by molar-refractivity contribution is 6.32. The molecule has 0 aromatic heterocycles. The number of benzene rings is 2. The molecule has 0 aliphatic rings. The molecule has 0 radical (unpaired) electrons. The molecule has 0 unspecified atom stereocenters. The number of ether oxygens (including phenoxy) is 1. The number of imide groups is 1. The number of hydrazine groups is 1. The number of carbonyl (C=O) groups excluding carboxylic acids is 2. The van der Waals surface area contributed by atoms with Crippen molar-refractivity contribution in [2.45, 2.75) is 6.92 Å². The molecule has 0 fully saturated rings. The zero-order valence-corrected chi connectivity index (χ0v) is 13.8. The van der Waals surface area contributed by atoms with Gasteiger partial charge in [-0.25, -0.2) is 10.9 Å². The molecule has 2 aromatic rings. The Balaban J connectivity index is 2.55. The number of nitrogens with zero attached hydrogens (tertiary/aromatic N) is 2. The van der Waals surface area contributed by atoms with Crippen LogP contribution >= 0.6 is 11.6 Å². The second-order valence-electron chi connectivity index (χ2n) is 4.92. The summed E-state index contributed by atoms with van der Waals surface area (Å²) in [4.78, 5) is 23.4. The highest BCUT2D eigenvalue weighted by Gasteiger charge is 2.18. The zero-order chi connectivity index (χ0) is 17.9. The lowest BCUT2D eigenvalue weighted by molar-refractivity contribution is -0.126. The quantitative estimate of drug-likeness (QED) is 0.525. The molecule has 0 heterocycles. The Hall–Kier alpha value is -2.88. The molecule has 0 saturated carbocycles. The van der Waals surface area contributed by atoms with Crippen molar-refractivity contribution in [1.29, 1.82) is 5.26 Å². The molecule has 0 atom stereocenters. The van der Waals surface area contributed by atoms with E-state index >= 15 is 0 Å². The van der Waals surface area contributed by atoms with Gasteiger partial charge in [-0.15, -0.1) is 0 Å². The van der Waals surface area contributed by atoms with Crippen molar-refractivity contribution in [3.05, 3.63) is 52.5 Å². The highest BCUT2D eigenvalue weighted by Crippen LogP contribution is 2.35. The molecule has 2 aromatic carbocycles. The van der Waals surface area contributed by atoms with E-state index in [0.717, 1.165) is 0 Å². The Bertz CT molecular complexity index is 859. The molecular formula is C17H14ClN3O3. The number of carbonyl (C=O) groups is 2. The molecule has 2 rings (SSSR count). The molecular weight excluding hydrogens is 330 g/mol. The van der Waals surface area contributed by atoms with E-state index in [9.17, 15) is 9.59 Å². The Morgan fingerprint density at radius 3 is 2.58 bits per heavy atom. The molecule has 0 aliphatic carbocycles. The number of methoxy groups -OCH3 is 1. The van der Waals surface area contributed by atoms with Crippen LogP contribution in [0.4, 0.5) is 0 Å².